The van der Waals surface area contributed by atoms with Crippen molar-refractivity contribution in [1.82, 2.24) is 9.97 Å². The minimum absolute atomic E-state index is 0.0488. The zero-order valence-electron chi connectivity index (χ0n) is 18.8. The number of nitro benzene ring substituents is 1. The van der Waals surface area contributed by atoms with Crippen LogP contribution in [0.3, 0.4) is 0 Å². The lowest BCUT2D eigenvalue weighted by Gasteiger charge is -2.32. The number of fused-ring (bicyclic) bond motifs is 1. The highest BCUT2D eigenvalue weighted by atomic mass is 16.6. The molecule has 1 atom stereocenters. The lowest BCUT2D eigenvalue weighted by atomic mass is 9.99. The number of piperidine rings is 1. The average Bonchev–Trinajstić information content (AvgIpc) is 3.28. The summed E-state index contributed by atoms with van der Waals surface area (Å²) < 4.78 is 0. The number of carbonyl (C=O) groups excluding carboxylic acids is 1. The molecule has 8 heteroatoms. The van der Waals surface area contributed by atoms with E-state index in [2.05, 4.69) is 22.2 Å². The first-order chi connectivity index (χ1) is 16.5. The zero-order valence-corrected chi connectivity index (χ0v) is 18.8. The Morgan fingerprint density at radius 3 is 2.74 bits per heavy atom. The van der Waals surface area contributed by atoms with E-state index in [1.165, 1.54) is 6.07 Å². The number of nitro groups is 1. The number of H-pyrrole nitrogens is 1. The zero-order chi connectivity index (χ0) is 23.7. The van der Waals surface area contributed by atoms with Gasteiger partial charge in [-0.15, -0.1) is 0 Å². The molecule has 172 valence electrons. The molecule has 1 aromatic heterocycles. The van der Waals surface area contributed by atoms with Crippen molar-refractivity contribution < 1.29 is 9.72 Å². The van der Waals surface area contributed by atoms with Crippen molar-refractivity contribution in [3.8, 4) is 11.4 Å². The van der Waals surface area contributed by atoms with Crippen LogP contribution >= 0.6 is 0 Å². The molecule has 2 N–H and O–H groups in total. The Bertz CT molecular complexity index is 1350. The molecule has 1 saturated heterocycles. The SMILES string of the molecule is C[C@H]1CCCN(c2ccc(C(=O)Nc3ccccc3-c3nc4ccccc4[nH]3)cc2[N+](=O)[O-])C1. The van der Waals surface area contributed by atoms with Crippen molar-refractivity contribution >= 4 is 34.0 Å². The molecule has 1 fully saturated rings. The number of anilines is 2. The van der Waals surface area contributed by atoms with Gasteiger partial charge in [-0.25, -0.2) is 4.98 Å². The van der Waals surface area contributed by atoms with Crippen LogP contribution in [0.15, 0.2) is 66.7 Å². The van der Waals surface area contributed by atoms with Gasteiger partial charge in [0, 0.05) is 30.3 Å². The molecule has 0 radical (unpaired) electrons. The summed E-state index contributed by atoms with van der Waals surface area (Å²) in [5, 5.41) is 14.7. The van der Waals surface area contributed by atoms with Gasteiger partial charge in [0.05, 0.1) is 21.6 Å². The summed E-state index contributed by atoms with van der Waals surface area (Å²) in [4.78, 5) is 34.5. The molecular formula is C26H25N5O3. The molecule has 0 bridgehead atoms. The van der Waals surface area contributed by atoms with Crippen molar-refractivity contribution in [2.24, 2.45) is 5.92 Å². The van der Waals surface area contributed by atoms with Gasteiger partial charge in [-0.3, -0.25) is 14.9 Å². The fraction of sp³-hybridized carbons (Fsp3) is 0.231. The molecule has 3 aromatic carbocycles. The second kappa shape index (κ2) is 8.97. The van der Waals surface area contributed by atoms with Gasteiger partial charge in [-0.1, -0.05) is 31.2 Å². The van der Waals surface area contributed by atoms with Crippen LogP contribution in [0.5, 0.6) is 0 Å². The summed E-state index contributed by atoms with van der Waals surface area (Å²) in [5.74, 6) is 0.703. The molecule has 5 rings (SSSR count). The average molecular weight is 456 g/mol. The highest BCUT2D eigenvalue weighted by Gasteiger charge is 2.25. The summed E-state index contributed by atoms with van der Waals surface area (Å²) in [6.45, 7) is 3.71. The number of hydrogen-bond acceptors (Lipinski definition) is 5. The minimum atomic E-state index is -0.412. The van der Waals surface area contributed by atoms with Gasteiger partial charge in [-0.2, -0.15) is 0 Å². The number of nitrogens with one attached hydrogen (secondary N) is 2. The Balaban J connectivity index is 1.44. The summed E-state index contributed by atoms with van der Waals surface area (Å²) >= 11 is 0. The molecule has 2 heterocycles. The van der Waals surface area contributed by atoms with Crippen molar-refractivity contribution in [2.75, 3.05) is 23.3 Å². The normalized spacial score (nSPS) is 15.9. The van der Waals surface area contributed by atoms with E-state index in [-0.39, 0.29) is 11.3 Å². The van der Waals surface area contributed by atoms with E-state index in [9.17, 15) is 14.9 Å². The van der Waals surface area contributed by atoms with Crippen LogP contribution in [0.25, 0.3) is 22.4 Å². The Hall–Kier alpha value is -4.20. The number of aromatic nitrogens is 2. The van der Waals surface area contributed by atoms with Crippen LogP contribution in [-0.4, -0.2) is 33.9 Å². The fourth-order valence-corrected chi connectivity index (χ4v) is 4.56. The molecule has 0 aliphatic carbocycles. The van der Waals surface area contributed by atoms with Crippen molar-refractivity contribution in [3.63, 3.8) is 0 Å². The topological polar surface area (TPSA) is 104 Å². The van der Waals surface area contributed by atoms with Gasteiger partial charge in [0.2, 0.25) is 0 Å². The number of imidazole rings is 1. The predicted octanol–water partition coefficient (Wildman–Crippen LogP) is 5.63. The second-order valence-corrected chi connectivity index (χ2v) is 8.76. The number of amides is 1. The maximum atomic E-state index is 13.1. The first-order valence-electron chi connectivity index (χ1n) is 11.4. The standard InChI is InChI=1S/C26H25N5O3/c1-17-7-6-14-30(16-17)23-13-12-18(15-24(23)31(33)34)26(32)29-20-9-3-2-8-19(20)25-27-21-10-4-5-11-22(21)28-25/h2-5,8-13,15,17H,6-7,14,16H2,1H3,(H,27,28)(H,29,32)/t17-/m0/s1. The summed E-state index contributed by atoms with van der Waals surface area (Å²) in [5.41, 5.74) is 3.79. The Kier molecular flexibility index (Phi) is 5.71. The quantitative estimate of drug-likeness (QED) is 0.300. The summed E-state index contributed by atoms with van der Waals surface area (Å²) in [6.07, 6.45) is 2.12. The van der Waals surface area contributed by atoms with Crippen molar-refractivity contribution in [1.29, 1.82) is 0 Å². The van der Waals surface area contributed by atoms with Crippen LogP contribution in [0.2, 0.25) is 0 Å². The minimum Gasteiger partial charge on any atom is -0.366 e. The molecule has 1 amide bonds. The van der Waals surface area contributed by atoms with E-state index in [1.807, 2.05) is 47.4 Å². The summed E-state index contributed by atoms with van der Waals surface area (Å²) in [7, 11) is 0. The number of hydrogen-bond donors (Lipinski definition) is 2. The van der Waals surface area contributed by atoms with Crippen LogP contribution < -0.4 is 10.2 Å². The first-order valence-corrected chi connectivity index (χ1v) is 11.4. The van der Waals surface area contributed by atoms with Gasteiger partial charge in [-0.05, 0) is 55.2 Å². The maximum absolute atomic E-state index is 13.1. The lowest BCUT2D eigenvalue weighted by molar-refractivity contribution is -0.384. The van der Waals surface area contributed by atoms with E-state index in [4.69, 9.17) is 0 Å². The monoisotopic (exact) mass is 455 g/mol. The van der Waals surface area contributed by atoms with Gasteiger partial charge in [0.15, 0.2) is 0 Å². The largest absolute Gasteiger partial charge is 0.366 e. The number of nitrogens with zero attached hydrogens (tertiary/aromatic N) is 3. The molecule has 1 aliphatic heterocycles. The lowest BCUT2D eigenvalue weighted by Crippen LogP contribution is -2.34. The van der Waals surface area contributed by atoms with E-state index < -0.39 is 10.8 Å². The van der Waals surface area contributed by atoms with Crippen LogP contribution in [0, 0.1) is 16.0 Å². The van der Waals surface area contributed by atoms with Crippen LogP contribution in [0.1, 0.15) is 30.1 Å². The van der Waals surface area contributed by atoms with Gasteiger partial charge >= 0.3 is 0 Å². The highest BCUT2D eigenvalue weighted by molar-refractivity contribution is 6.07. The maximum Gasteiger partial charge on any atom is 0.293 e. The fourth-order valence-electron chi connectivity index (χ4n) is 4.56. The first kappa shape index (κ1) is 21.6. The van der Waals surface area contributed by atoms with Gasteiger partial charge in [0.1, 0.15) is 11.5 Å². The number of benzene rings is 3. The number of carbonyl (C=O) groups is 1. The molecule has 0 saturated carbocycles. The van der Waals surface area contributed by atoms with E-state index >= 15 is 0 Å². The van der Waals surface area contributed by atoms with Gasteiger partial charge in [0.25, 0.3) is 11.6 Å². The van der Waals surface area contributed by atoms with E-state index in [0.29, 0.717) is 23.1 Å². The molecule has 0 unspecified atom stereocenters. The van der Waals surface area contributed by atoms with E-state index in [1.54, 1.807) is 18.2 Å². The second-order valence-electron chi connectivity index (χ2n) is 8.76. The van der Waals surface area contributed by atoms with Crippen molar-refractivity contribution in [2.45, 2.75) is 19.8 Å². The summed E-state index contributed by atoms with van der Waals surface area (Å²) in [6, 6.07) is 19.8. The third-order valence-corrected chi connectivity index (χ3v) is 6.25. The third kappa shape index (κ3) is 4.22. The number of aromatic amines is 1. The molecule has 34 heavy (non-hydrogen) atoms. The van der Waals surface area contributed by atoms with Crippen LogP contribution in [0.4, 0.5) is 17.1 Å². The molecule has 8 nitrogen and oxygen atoms in total. The van der Waals surface area contributed by atoms with Gasteiger partial charge < -0.3 is 15.2 Å². The molecule has 4 aromatic rings. The number of para-hydroxylation sites is 3. The molecule has 1 aliphatic rings. The number of rotatable bonds is 5. The highest BCUT2D eigenvalue weighted by Crippen LogP contribution is 2.33. The molecule has 0 spiro atoms. The Labute approximate surface area is 196 Å². The molecular weight excluding hydrogens is 430 g/mol. The smallest absolute Gasteiger partial charge is 0.293 e. The van der Waals surface area contributed by atoms with Crippen LogP contribution in [-0.2, 0) is 0 Å². The Morgan fingerprint density at radius 2 is 1.94 bits per heavy atom. The van der Waals surface area contributed by atoms with Crippen molar-refractivity contribution in [3.05, 3.63) is 82.4 Å². The predicted molar refractivity (Wildman–Crippen MR) is 133 cm³/mol. The van der Waals surface area contributed by atoms with E-state index in [0.717, 1.165) is 42.5 Å². The third-order valence-electron chi connectivity index (χ3n) is 6.25. The Morgan fingerprint density at radius 1 is 1.15 bits per heavy atom.